The van der Waals surface area contributed by atoms with Gasteiger partial charge in [-0.1, -0.05) is 41.7 Å². The third-order valence-electron chi connectivity index (χ3n) is 4.46. The average molecular weight is 356 g/mol. The lowest BCUT2D eigenvalue weighted by molar-refractivity contribution is -0.133. The highest BCUT2D eigenvalue weighted by Crippen LogP contribution is 2.15. The van der Waals surface area contributed by atoms with E-state index in [1.807, 2.05) is 11.0 Å². The molecule has 0 bridgehead atoms. The Bertz CT molecular complexity index is 809. The molecule has 0 spiro atoms. The molecule has 1 fully saturated rings. The Morgan fingerprint density at radius 1 is 1.12 bits per heavy atom. The number of fused-ring (bicyclic) bond motifs is 1. The molecule has 0 atom stereocenters. The van der Waals surface area contributed by atoms with Gasteiger partial charge in [0.25, 0.3) is 0 Å². The maximum absolute atomic E-state index is 12.4. The van der Waals surface area contributed by atoms with Crippen LogP contribution in [0.1, 0.15) is 17.0 Å². The van der Waals surface area contributed by atoms with Gasteiger partial charge in [0.15, 0.2) is 0 Å². The summed E-state index contributed by atoms with van der Waals surface area (Å²) in [5.41, 5.74) is 1.32. The summed E-state index contributed by atoms with van der Waals surface area (Å²) in [7, 11) is 0. The minimum atomic E-state index is 0.213. The van der Waals surface area contributed by atoms with Crippen LogP contribution < -0.4 is 0 Å². The molecule has 0 N–H and O–H groups in total. The zero-order chi connectivity index (χ0) is 17.1. The highest BCUT2D eigenvalue weighted by atomic mass is 32.1. The Kier molecular flexibility index (Phi) is 4.71. The largest absolute Gasteiger partial charge is 0.340 e. The zero-order valence-electron chi connectivity index (χ0n) is 13.9. The van der Waals surface area contributed by atoms with Crippen molar-refractivity contribution in [2.75, 3.05) is 26.2 Å². The van der Waals surface area contributed by atoms with Gasteiger partial charge in [-0.15, -0.1) is 10.2 Å². The highest BCUT2D eigenvalue weighted by Gasteiger charge is 2.21. The Morgan fingerprint density at radius 2 is 1.92 bits per heavy atom. The molecule has 1 amide bonds. The fourth-order valence-electron chi connectivity index (χ4n) is 3.07. The van der Waals surface area contributed by atoms with E-state index >= 15 is 0 Å². The Hall–Kier alpha value is -2.32. The lowest BCUT2D eigenvalue weighted by Gasteiger charge is -2.34. The van der Waals surface area contributed by atoms with Crippen molar-refractivity contribution in [1.29, 1.82) is 0 Å². The van der Waals surface area contributed by atoms with Gasteiger partial charge in [0.2, 0.25) is 10.9 Å². The average Bonchev–Trinajstić information content (AvgIpc) is 3.23. The fraction of sp³-hybridized carbons (Fsp3) is 0.412. The quantitative estimate of drug-likeness (QED) is 0.692. The second-order valence-corrected chi connectivity index (χ2v) is 7.24. The summed E-state index contributed by atoms with van der Waals surface area (Å²) in [6.45, 7) is 4.41. The number of rotatable bonds is 5. The summed E-state index contributed by atoms with van der Waals surface area (Å²) < 4.78 is 1.66. The maximum Gasteiger partial charge on any atom is 0.234 e. The summed E-state index contributed by atoms with van der Waals surface area (Å²) in [6, 6.07) is 10.5. The molecule has 4 rings (SSSR count). The topological polar surface area (TPSA) is 66.6 Å². The van der Waals surface area contributed by atoms with Crippen molar-refractivity contribution >= 4 is 22.2 Å². The van der Waals surface area contributed by atoms with Gasteiger partial charge in [0.05, 0.1) is 0 Å². The molecule has 0 aliphatic carbocycles. The summed E-state index contributed by atoms with van der Waals surface area (Å²) in [4.78, 5) is 17.6. The van der Waals surface area contributed by atoms with Gasteiger partial charge in [-0.3, -0.25) is 9.69 Å². The number of nitrogens with zero attached hydrogens (tertiary/aromatic N) is 6. The molecule has 1 saturated heterocycles. The van der Waals surface area contributed by atoms with Crippen molar-refractivity contribution in [3.8, 4) is 0 Å². The molecule has 3 heterocycles. The van der Waals surface area contributed by atoms with Gasteiger partial charge < -0.3 is 4.90 Å². The Labute approximate surface area is 149 Å². The number of carbonyl (C=O) groups is 1. The predicted octanol–water partition coefficient (Wildman–Crippen LogP) is 1.46. The van der Waals surface area contributed by atoms with Crippen LogP contribution >= 0.6 is 11.3 Å². The van der Waals surface area contributed by atoms with Crippen molar-refractivity contribution in [3.05, 3.63) is 47.2 Å². The number of carbonyl (C=O) groups excluding carboxylic acids is 1. The van der Waals surface area contributed by atoms with Gasteiger partial charge in [-0.25, -0.2) is 0 Å². The fourth-order valence-corrected chi connectivity index (χ4v) is 3.88. The van der Waals surface area contributed by atoms with E-state index in [0.717, 1.165) is 42.7 Å². The van der Waals surface area contributed by atoms with Crippen LogP contribution in [-0.2, 0) is 17.8 Å². The molecule has 3 aromatic rings. The number of aryl methyl sites for hydroxylation is 1. The normalized spacial score (nSPS) is 15.8. The van der Waals surface area contributed by atoms with E-state index in [0.29, 0.717) is 12.8 Å². The molecule has 7 nitrogen and oxygen atoms in total. The van der Waals surface area contributed by atoms with E-state index in [4.69, 9.17) is 0 Å². The van der Waals surface area contributed by atoms with Crippen molar-refractivity contribution in [3.63, 3.8) is 0 Å². The number of piperazine rings is 1. The van der Waals surface area contributed by atoms with Gasteiger partial charge in [0.1, 0.15) is 11.3 Å². The van der Waals surface area contributed by atoms with E-state index in [1.54, 1.807) is 10.8 Å². The lowest BCUT2D eigenvalue weighted by atomic mass is 10.2. The zero-order valence-corrected chi connectivity index (χ0v) is 14.7. The molecule has 25 heavy (non-hydrogen) atoms. The molecule has 0 unspecified atom stereocenters. The van der Waals surface area contributed by atoms with Crippen molar-refractivity contribution in [2.24, 2.45) is 0 Å². The monoisotopic (exact) mass is 356 g/mol. The Balaban J connectivity index is 1.24. The molecule has 1 aliphatic heterocycles. The third kappa shape index (κ3) is 3.85. The van der Waals surface area contributed by atoms with E-state index < -0.39 is 0 Å². The van der Waals surface area contributed by atoms with Gasteiger partial charge in [0, 0.05) is 45.6 Å². The number of hydrogen-bond donors (Lipinski definition) is 0. The van der Waals surface area contributed by atoms with E-state index in [2.05, 4.69) is 44.5 Å². The molecular formula is C17H20N6OS. The standard InChI is InChI=1S/C17H20N6OS/c24-16(7-6-15-20-23-13-18-19-17(23)25-15)22-10-8-21(9-11-22)12-14-4-2-1-3-5-14/h1-5,13H,6-12H2. The van der Waals surface area contributed by atoms with Crippen molar-refractivity contribution in [2.45, 2.75) is 19.4 Å². The second kappa shape index (κ2) is 7.28. The minimum absolute atomic E-state index is 0.213. The molecule has 1 aromatic carbocycles. The summed E-state index contributed by atoms with van der Waals surface area (Å²) >= 11 is 1.49. The first kappa shape index (κ1) is 16.2. The number of aromatic nitrogens is 4. The van der Waals surface area contributed by atoms with Crippen LogP contribution in [0.5, 0.6) is 0 Å². The van der Waals surface area contributed by atoms with Crippen LogP contribution in [-0.4, -0.2) is 61.7 Å². The van der Waals surface area contributed by atoms with Gasteiger partial charge in [-0.05, 0) is 5.56 Å². The van der Waals surface area contributed by atoms with Crippen molar-refractivity contribution in [1.82, 2.24) is 29.6 Å². The van der Waals surface area contributed by atoms with Crippen LogP contribution in [0.25, 0.3) is 4.96 Å². The van der Waals surface area contributed by atoms with Gasteiger partial charge in [-0.2, -0.15) is 9.61 Å². The number of hydrogen-bond acceptors (Lipinski definition) is 6. The SMILES string of the molecule is O=C(CCc1nn2cnnc2s1)N1CCN(Cc2ccccc2)CC1. The minimum Gasteiger partial charge on any atom is -0.340 e. The van der Waals surface area contributed by atoms with Crippen LogP contribution in [0.15, 0.2) is 36.7 Å². The van der Waals surface area contributed by atoms with Crippen LogP contribution in [0.2, 0.25) is 0 Å². The number of benzene rings is 1. The first-order chi connectivity index (χ1) is 12.3. The summed E-state index contributed by atoms with van der Waals surface area (Å²) in [5.74, 6) is 0.213. The third-order valence-corrected chi connectivity index (χ3v) is 5.43. The smallest absolute Gasteiger partial charge is 0.234 e. The van der Waals surface area contributed by atoms with Crippen LogP contribution in [0.3, 0.4) is 0 Å². The maximum atomic E-state index is 12.4. The van der Waals surface area contributed by atoms with E-state index in [9.17, 15) is 4.79 Å². The van der Waals surface area contributed by atoms with E-state index in [-0.39, 0.29) is 5.91 Å². The number of amides is 1. The summed E-state index contributed by atoms with van der Waals surface area (Å²) in [5, 5.41) is 13.1. The van der Waals surface area contributed by atoms with E-state index in [1.165, 1.54) is 16.9 Å². The molecule has 130 valence electrons. The first-order valence-corrected chi connectivity index (χ1v) is 9.29. The molecule has 0 saturated carbocycles. The van der Waals surface area contributed by atoms with Crippen LogP contribution in [0, 0.1) is 0 Å². The lowest BCUT2D eigenvalue weighted by Crippen LogP contribution is -2.48. The van der Waals surface area contributed by atoms with Gasteiger partial charge >= 0.3 is 0 Å². The molecule has 2 aromatic heterocycles. The first-order valence-electron chi connectivity index (χ1n) is 8.48. The highest BCUT2D eigenvalue weighted by molar-refractivity contribution is 7.16. The van der Waals surface area contributed by atoms with Crippen molar-refractivity contribution < 1.29 is 4.79 Å². The van der Waals surface area contributed by atoms with Crippen LogP contribution in [0.4, 0.5) is 0 Å². The summed E-state index contributed by atoms with van der Waals surface area (Å²) in [6.07, 6.45) is 2.75. The molecule has 1 aliphatic rings. The molecule has 0 radical (unpaired) electrons. The predicted molar refractivity (Wildman–Crippen MR) is 95.3 cm³/mol. The second-order valence-electron chi connectivity index (χ2n) is 6.20. The molecular weight excluding hydrogens is 336 g/mol. The molecule has 8 heteroatoms. The Morgan fingerprint density at radius 3 is 2.68 bits per heavy atom.